The zero-order chi connectivity index (χ0) is 16.3. The molecule has 0 fully saturated rings. The van der Waals surface area contributed by atoms with Crippen molar-refractivity contribution >= 4 is 21.8 Å². The number of carbonyl (C=O) groups excluding carboxylic acids is 1. The second-order valence-corrected chi connectivity index (χ2v) is 7.30. The number of nitrogens with zero attached hydrogens (tertiary/aromatic N) is 4. The summed E-state index contributed by atoms with van der Waals surface area (Å²) in [4.78, 5) is 12.3. The van der Waals surface area contributed by atoms with E-state index < -0.39 is 0 Å². The summed E-state index contributed by atoms with van der Waals surface area (Å²) in [6.07, 6.45) is 5.35. The number of hydrogen-bond donors (Lipinski definition) is 1. The van der Waals surface area contributed by atoms with Crippen LogP contribution < -0.4 is 5.32 Å². The Morgan fingerprint density at radius 2 is 2.14 bits per heavy atom. The van der Waals surface area contributed by atoms with Crippen molar-refractivity contribution in [2.75, 3.05) is 0 Å². The third-order valence-corrected chi connectivity index (χ3v) is 4.42. The molecule has 0 unspecified atom stereocenters. The van der Waals surface area contributed by atoms with E-state index in [-0.39, 0.29) is 23.9 Å². The maximum Gasteiger partial charge on any atom is 0.242 e. The Balaban J connectivity index is 2.03. The van der Waals surface area contributed by atoms with Gasteiger partial charge in [0.2, 0.25) is 5.91 Å². The molecule has 1 atom stereocenters. The molecule has 2 aromatic heterocycles. The highest BCUT2D eigenvalue weighted by Crippen LogP contribution is 2.21. The number of rotatable bonds is 5. The molecule has 120 valence electrons. The van der Waals surface area contributed by atoms with Gasteiger partial charge in [-0.15, -0.1) is 0 Å². The van der Waals surface area contributed by atoms with E-state index in [0.717, 1.165) is 10.2 Å². The van der Waals surface area contributed by atoms with E-state index >= 15 is 0 Å². The molecule has 0 aromatic carbocycles. The molecule has 0 saturated carbocycles. The smallest absolute Gasteiger partial charge is 0.242 e. The number of aromatic nitrogens is 4. The topological polar surface area (TPSA) is 64.7 Å². The van der Waals surface area contributed by atoms with Crippen LogP contribution in [0.15, 0.2) is 29.1 Å². The average Bonchev–Trinajstić information content (AvgIpc) is 3.02. The quantitative estimate of drug-likeness (QED) is 0.881. The zero-order valence-corrected chi connectivity index (χ0v) is 15.0. The van der Waals surface area contributed by atoms with Crippen LogP contribution in [-0.2, 0) is 17.9 Å². The summed E-state index contributed by atoms with van der Waals surface area (Å²) in [5.41, 5.74) is 0.871. The summed E-state index contributed by atoms with van der Waals surface area (Å²) in [6, 6.07) is 1.87. The third kappa shape index (κ3) is 4.19. The SMILES string of the molecule is Cc1c(Br)cnn1CC(=O)N[C@H](Cn1cccn1)C(C)(C)C. The summed E-state index contributed by atoms with van der Waals surface area (Å²) >= 11 is 3.40. The molecule has 22 heavy (non-hydrogen) atoms. The number of hydrogen-bond acceptors (Lipinski definition) is 3. The lowest BCUT2D eigenvalue weighted by molar-refractivity contribution is -0.123. The molecule has 2 rings (SSSR count). The van der Waals surface area contributed by atoms with Crippen molar-refractivity contribution in [2.45, 2.75) is 46.8 Å². The first-order valence-electron chi connectivity index (χ1n) is 7.22. The minimum atomic E-state index is -0.0681. The lowest BCUT2D eigenvalue weighted by Crippen LogP contribution is -2.47. The molecule has 0 radical (unpaired) electrons. The van der Waals surface area contributed by atoms with Gasteiger partial charge in [0.15, 0.2) is 0 Å². The first kappa shape index (κ1) is 16.7. The van der Waals surface area contributed by atoms with Crippen LogP contribution in [0.1, 0.15) is 26.5 Å². The Labute approximate surface area is 139 Å². The molecule has 0 aliphatic carbocycles. The van der Waals surface area contributed by atoms with Gasteiger partial charge in [-0.3, -0.25) is 14.2 Å². The monoisotopic (exact) mass is 367 g/mol. The van der Waals surface area contributed by atoms with Crippen LogP contribution in [0.5, 0.6) is 0 Å². The van der Waals surface area contributed by atoms with Gasteiger partial charge in [0, 0.05) is 12.4 Å². The zero-order valence-electron chi connectivity index (χ0n) is 13.4. The fraction of sp³-hybridized carbons (Fsp3) is 0.533. The normalized spacial score (nSPS) is 13.1. The Kier molecular flexibility index (Phi) is 5.05. The highest BCUT2D eigenvalue weighted by molar-refractivity contribution is 9.10. The van der Waals surface area contributed by atoms with E-state index in [9.17, 15) is 4.79 Å². The van der Waals surface area contributed by atoms with Gasteiger partial charge >= 0.3 is 0 Å². The van der Waals surface area contributed by atoms with E-state index in [2.05, 4.69) is 52.2 Å². The molecule has 0 saturated heterocycles. The second-order valence-electron chi connectivity index (χ2n) is 6.45. The average molecular weight is 368 g/mol. The lowest BCUT2D eigenvalue weighted by atomic mass is 9.86. The number of amides is 1. The molecule has 0 bridgehead atoms. The second kappa shape index (κ2) is 6.64. The highest BCUT2D eigenvalue weighted by Gasteiger charge is 2.27. The molecule has 0 aliphatic rings. The Hall–Kier alpha value is -1.63. The molecule has 0 spiro atoms. The van der Waals surface area contributed by atoms with Crippen LogP contribution >= 0.6 is 15.9 Å². The summed E-state index contributed by atoms with van der Waals surface area (Å²) < 4.78 is 4.43. The van der Waals surface area contributed by atoms with Crippen LogP contribution in [0.2, 0.25) is 0 Å². The molecule has 6 nitrogen and oxygen atoms in total. The summed E-state index contributed by atoms with van der Waals surface area (Å²) in [6.45, 7) is 9.11. The van der Waals surface area contributed by atoms with Gasteiger partial charge < -0.3 is 5.32 Å². The molecule has 1 amide bonds. The number of nitrogens with one attached hydrogen (secondary N) is 1. The first-order chi connectivity index (χ1) is 10.3. The Bertz CT molecular complexity index is 627. The van der Waals surface area contributed by atoms with E-state index in [1.54, 1.807) is 17.1 Å². The summed E-state index contributed by atoms with van der Waals surface area (Å²) in [5, 5.41) is 11.5. The standard InChI is InChI=1S/C15H22BrN5O/c1-11-12(16)8-18-21(11)10-14(22)19-13(15(2,3)4)9-20-7-5-6-17-20/h5-8,13H,9-10H2,1-4H3,(H,19,22)/t13-/m1/s1. The number of halogens is 1. The van der Waals surface area contributed by atoms with E-state index in [1.807, 2.05) is 23.9 Å². The molecule has 0 aliphatic heterocycles. The summed E-state index contributed by atoms with van der Waals surface area (Å²) in [5.74, 6) is -0.0502. The van der Waals surface area contributed by atoms with Crippen molar-refractivity contribution in [3.8, 4) is 0 Å². The van der Waals surface area contributed by atoms with E-state index in [0.29, 0.717) is 6.54 Å². The molecular formula is C15H22BrN5O. The Morgan fingerprint density at radius 1 is 1.41 bits per heavy atom. The highest BCUT2D eigenvalue weighted by atomic mass is 79.9. The van der Waals surface area contributed by atoms with Crippen LogP contribution in [0.3, 0.4) is 0 Å². The van der Waals surface area contributed by atoms with Crippen molar-refractivity contribution in [1.29, 1.82) is 0 Å². The van der Waals surface area contributed by atoms with Crippen LogP contribution in [-0.4, -0.2) is 31.5 Å². The fourth-order valence-electron chi connectivity index (χ4n) is 2.09. The van der Waals surface area contributed by atoms with Crippen molar-refractivity contribution in [3.63, 3.8) is 0 Å². The molecular weight excluding hydrogens is 346 g/mol. The molecule has 7 heteroatoms. The fourth-order valence-corrected chi connectivity index (χ4v) is 2.39. The minimum absolute atomic E-state index is 0.0146. The predicted octanol–water partition coefficient (Wildman–Crippen LogP) is 2.38. The van der Waals surface area contributed by atoms with Gasteiger partial charge in [0.25, 0.3) is 0 Å². The minimum Gasteiger partial charge on any atom is -0.349 e. The van der Waals surface area contributed by atoms with Crippen molar-refractivity contribution in [3.05, 3.63) is 34.8 Å². The van der Waals surface area contributed by atoms with E-state index in [1.165, 1.54) is 0 Å². The van der Waals surface area contributed by atoms with Gasteiger partial charge in [-0.1, -0.05) is 20.8 Å². The van der Waals surface area contributed by atoms with Crippen molar-refractivity contribution < 1.29 is 4.79 Å². The van der Waals surface area contributed by atoms with Crippen molar-refractivity contribution in [1.82, 2.24) is 24.9 Å². The molecule has 1 N–H and O–H groups in total. The Morgan fingerprint density at radius 3 is 2.64 bits per heavy atom. The predicted molar refractivity (Wildman–Crippen MR) is 88.3 cm³/mol. The van der Waals surface area contributed by atoms with Gasteiger partial charge in [0.1, 0.15) is 6.54 Å². The first-order valence-corrected chi connectivity index (χ1v) is 8.01. The molecule has 2 heterocycles. The van der Waals surface area contributed by atoms with Crippen LogP contribution in [0.4, 0.5) is 0 Å². The van der Waals surface area contributed by atoms with Gasteiger partial charge in [-0.05, 0) is 34.3 Å². The number of carbonyl (C=O) groups is 1. The maximum absolute atomic E-state index is 12.3. The van der Waals surface area contributed by atoms with Gasteiger partial charge in [-0.2, -0.15) is 10.2 Å². The maximum atomic E-state index is 12.3. The molecule has 2 aromatic rings. The lowest BCUT2D eigenvalue weighted by Gasteiger charge is -2.31. The summed E-state index contributed by atoms with van der Waals surface area (Å²) in [7, 11) is 0. The van der Waals surface area contributed by atoms with Crippen LogP contribution in [0.25, 0.3) is 0 Å². The van der Waals surface area contributed by atoms with Crippen LogP contribution in [0, 0.1) is 12.3 Å². The van der Waals surface area contributed by atoms with Gasteiger partial charge in [-0.25, -0.2) is 0 Å². The third-order valence-electron chi connectivity index (χ3n) is 3.65. The van der Waals surface area contributed by atoms with E-state index in [4.69, 9.17) is 0 Å². The van der Waals surface area contributed by atoms with Crippen molar-refractivity contribution in [2.24, 2.45) is 5.41 Å². The largest absolute Gasteiger partial charge is 0.349 e. The van der Waals surface area contributed by atoms with Gasteiger partial charge in [0.05, 0.1) is 29.0 Å².